The molecule has 10 heteroatoms. The molecule has 3 fully saturated rings. The van der Waals surface area contributed by atoms with Crippen LogP contribution in [-0.2, 0) is 4.79 Å². The van der Waals surface area contributed by atoms with Gasteiger partial charge in [-0.25, -0.2) is 9.37 Å². The van der Waals surface area contributed by atoms with Gasteiger partial charge in [0.2, 0.25) is 5.91 Å². The number of para-hydroxylation sites is 1. The molecule has 174 valence electrons. The van der Waals surface area contributed by atoms with Crippen molar-refractivity contribution in [1.82, 2.24) is 20.2 Å². The summed E-state index contributed by atoms with van der Waals surface area (Å²) in [7, 11) is 0. The van der Waals surface area contributed by atoms with Crippen LogP contribution in [0.3, 0.4) is 0 Å². The van der Waals surface area contributed by atoms with Gasteiger partial charge < -0.3 is 20.1 Å². The van der Waals surface area contributed by atoms with Crippen LogP contribution in [0.15, 0.2) is 30.6 Å². The third-order valence-electron chi connectivity index (χ3n) is 7.13. The lowest BCUT2D eigenvalue weighted by molar-refractivity contribution is -0.127. The molecule has 1 saturated carbocycles. The van der Waals surface area contributed by atoms with Gasteiger partial charge in [0, 0.05) is 12.6 Å². The normalized spacial score (nSPS) is 25.4. The molecule has 5 rings (SSSR count). The number of carbonyl (C=O) groups is 3. The molecule has 0 radical (unpaired) electrons. The first-order valence-corrected chi connectivity index (χ1v) is 11.6. The van der Waals surface area contributed by atoms with Crippen LogP contribution in [0.1, 0.15) is 53.1 Å². The van der Waals surface area contributed by atoms with E-state index in [9.17, 15) is 18.8 Å². The predicted molar refractivity (Wildman–Crippen MR) is 120 cm³/mol. The Morgan fingerprint density at radius 2 is 1.91 bits per heavy atom. The molecule has 1 aromatic heterocycles. The summed E-state index contributed by atoms with van der Waals surface area (Å²) in [6.45, 7) is 0.683. The van der Waals surface area contributed by atoms with E-state index >= 15 is 0 Å². The van der Waals surface area contributed by atoms with Crippen molar-refractivity contribution in [2.24, 2.45) is 5.41 Å². The highest BCUT2D eigenvalue weighted by Crippen LogP contribution is 2.47. The summed E-state index contributed by atoms with van der Waals surface area (Å²) < 4.78 is 13.1. The fourth-order valence-electron chi connectivity index (χ4n) is 5.13. The molecule has 0 atom stereocenters. The van der Waals surface area contributed by atoms with Gasteiger partial charge in [0.05, 0.1) is 35.5 Å². The van der Waals surface area contributed by atoms with Crippen LogP contribution >= 0.6 is 11.6 Å². The molecule has 0 bridgehead atoms. The van der Waals surface area contributed by atoms with E-state index in [-0.39, 0.29) is 36.4 Å². The van der Waals surface area contributed by atoms with E-state index in [1.807, 2.05) is 18.2 Å². The molecule has 0 unspecified atom stereocenters. The van der Waals surface area contributed by atoms with Crippen molar-refractivity contribution < 1.29 is 18.8 Å². The van der Waals surface area contributed by atoms with Crippen LogP contribution in [-0.4, -0.2) is 64.4 Å². The van der Waals surface area contributed by atoms with E-state index < -0.39 is 23.4 Å². The van der Waals surface area contributed by atoms with E-state index in [0.717, 1.165) is 12.1 Å². The maximum atomic E-state index is 13.3. The molecule has 1 aliphatic carbocycles. The molecule has 3 heterocycles. The smallest absolute Gasteiger partial charge is 0.275 e. The van der Waals surface area contributed by atoms with Gasteiger partial charge in [-0.3, -0.25) is 14.4 Å². The van der Waals surface area contributed by atoms with Gasteiger partial charge >= 0.3 is 0 Å². The van der Waals surface area contributed by atoms with Crippen molar-refractivity contribution in [3.63, 3.8) is 0 Å². The Balaban J connectivity index is 1.20. The van der Waals surface area contributed by atoms with Gasteiger partial charge in [0.1, 0.15) is 11.9 Å². The van der Waals surface area contributed by atoms with Crippen molar-refractivity contribution in [2.45, 2.75) is 44.3 Å². The minimum atomic E-state index is -1.02. The van der Waals surface area contributed by atoms with Gasteiger partial charge in [0.15, 0.2) is 5.69 Å². The number of rotatable bonds is 4. The first-order chi connectivity index (χ1) is 15.9. The van der Waals surface area contributed by atoms with Gasteiger partial charge in [0.25, 0.3) is 11.8 Å². The summed E-state index contributed by atoms with van der Waals surface area (Å²) in [6.07, 6.45) is 3.73. The highest BCUT2D eigenvalue weighted by atomic mass is 35.5. The zero-order valence-corrected chi connectivity index (χ0v) is 18.8. The second kappa shape index (κ2) is 8.44. The molecule has 33 heavy (non-hydrogen) atoms. The van der Waals surface area contributed by atoms with Crippen LogP contribution < -0.4 is 10.2 Å². The first-order valence-electron chi connectivity index (χ1n) is 11.2. The molecule has 8 nitrogen and oxygen atoms in total. The Bertz CT molecular complexity index is 1090. The monoisotopic (exact) mass is 473 g/mol. The number of benzene rings is 1. The second-order valence-electron chi connectivity index (χ2n) is 9.12. The number of anilines is 1. The highest BCUT2D eigenvalue weighted by Gasteiger charge is 2.49. The molecule has 1 aromatic carbocycles. The van der Waals surface area contributed by atoms with E-state index in [0.29, 0.717) is 37.3 Å². The molecule has 3 amide bonds. The fraction of sp³-hybridized carbons (Fsp3) is 0.478. The number of hydrogen-bond acceptors (Lipinski definition) is 4. The molecule has 2 aromatic rings. The van der Waals surface area contributed by atoms with E-state index in [2.05, 4.69) is 15.3 Å². The Hall–Kier alpha value is -2.94. The predicted octanol–water partition coefficient (Wildman–Crippen LogP) is 2.95. The fourth-order valence-corrected chi connectivity index (χ4v) is 5.36. The number of halogens is 2. The molecule has 2 aliphatic heterocycles. The number of nitrogens with zero attached hydrogens (tertiary/aromatic N) is 3. The zero-order valence-electron chi connectivity index (χ0n) is 18.0. The van der Waals surface area contributed by atoms with Gasteiger partial charge in [-0.2, -0.15) is 0 Å². The number of imidazole rings is 1. The minimum absolute atomic E-state index is 0.00744. The average molecular weight is 474 g/mol. The minimum Gasteiger partial charge on any atom is -0.348 e. The summed E-state index contributed by atoms with van der Waals surface area (Å²) in [4.78, 5) is 48.4. The van der Waals surface area contributed by atoms with Crippen LogP contribution in [0.25, 0.3) is 0 Å². The SMILES string of the molecule is O=C(N[C@H]1CC[C@@]2(CCN(c3ccccc3Cl)C2=O)CC1)c1[nH]cnc1C(=O)N1CC(F)C1. The van der Waals surface area contributed by atoms with Crippen LogP contribution in [0.2, 0.25) is 5.02 Å². The van der Waals surface area contributed by atoms with Crippen molar-refractivity contribution >= 4 is 35.0 Å². The summed E-state index contributed by atoms with van der Waals surface area (Å²) in [5.74, 6) is -0.763. The second-order valence-corrected chi connectivity index (χ2v) is 9.53. The lowest BCUT2D eigenvalue weighted by Gasteiger charge is -2.36. The molecular weight excluding hydrogens is 449 g/mol. The maximum Gasteiger partial charge on any atom is 0.275 e. The number of aromatic nitrogens is 2. The van der Waals surface area contributed by atoms with Crippen LogP contribution in [0.5, 0.6) is 0 Å². The lowest BCUT2D eigenvalue weighted by atomic mass is 9.71. The first kappa shape index (κ1) is 21.9. The quantitative estimate of drug-likeness (QED) is 0.713. The van der Waals surface area contributed by atoms with Crippen molar-refractivity contribution in [3.8, 4) is 0 Å². The van der Waals surface area contributed by atoms with Gasteiger partial charge in [-0.15, -0.1) is 0 Å². The summed E-state index contributed by atoms with van der Waals surface area (Å²) in [6, 6.07) is 7.26. The van der Waals surface area contributed by atoms with E-state index in [1.165, 1.54) is 11.2 Å². The highest BCUT2D eigenvalue weighted by molar-refractivity contribution is 6.34. The van der Waals surface area contributed by atoms with Crippen LogP contribution in [0.4, 0.5) is 10.1 Å². The molecule has 1 spiro atoms. The van der Waals surface area contributed by atoms with E-state index in [4.69, 9.17) is 11.6 Å². The third kappa shape index (κ3) is 3.88. The summed E-state index contributed by atoms with van der Waals surface area (Å²) in [5, 5.41) is 3.54. The molecular formula is C23H25ClFN5O3. The summed E-state index contributed by atoms with van der Waals surface area (Å²) in [5.41, 5.74) is 0.419. The zero-order chi connectivity index (χ0) is 23.2. The summed E-state index contributed by atoms with van der Waals surface area (Å²) >= 11 is 6.31. The molecule has 2 N–H and O–H groups in total. The van der Waals surface area contributed by atoms with Gasteiger partial charge in [-0.1, -0.05) is 23.7 Å². The number of alkyl halides is 1. The topological polar surface area (TPSA) is 98.4 Å². The standard InChI is InChI=1S/C23H25ClFN5O3/c24-16-3-1-2-4-17(16)30-10-9-23(22(30)33)7-5-15(6-8-23)28-20(31)18-19(27-13-26-18)21(32)29-11-14(25)12-29/h1-4,13-15H,5-12H2,(H,26,27)(H,28,31)/t15-,23-. The largest absolute Gasteiger partial charge is 0.348 e. The Morgan fingerprint density at radius 1 is 1.18 bits per heavy atom. The number of H-pyrrole nitrogens is 1. The lowest BCUT2D eigenvalue weighted by Crippen LogP contribution is -2.52. The Morgan fingerprint density at radius 3 is 2.61 bits per heavy atom. The Labute approximate surface area is 195 Å². The van der Waals surface area contributed by atoms with Crippen molar-refractivity contribution in [3.05, 3.63) is 47.0 Å². The van der Waals surface area contributed by atoms with Gasteiger partial charge in [-0.05, 0) is 44.2 Å². The Kier molecular flexibility index (Phi) is 5.60. The third-order valence-corrected chi connectivity index (χ3v) is 7.45. The average Bonchev–Trinajstić information content (AvgIpc) is 3.39. The molecule has 3 aliphatic rings. The van der Waals surface area contributed by atoms with Crippen LogP contribution in [0, 0.1) is 5.41 Å². The molecule has 2 saturated heterocycles. The number of hydrogen-bond donors (Lipinski definition) is 2. The number of carbonyl (C=O) groups excluding carboxylic acids is 3. The number of nitrogens with one attached hydrogen (secondary N) is 2. The number of amides is 3. The van der Waals surface area contributed by atoms with E-state index in [1.54, 1.807) is 11.0 Å². The maximum absolute atomic E-state index is 13.3. The number of likely N-dealkylation sites (tertiary alicyclic amines) is 1. The number of aromatic amines is 1. The van der Waals surface area contributed by atoms with Crippen molar-refractivity contribution in [2.75, 3.05) is 24.5 Å². The van der Waals surface area contributed by atoms with Crippen molar-refractivity contribution in [1.29, 1.82) is 0 Å².